The van der Waals surface area contributed by atoms with Crippen molar-refractivity contribution >= 4 is 5.91 Å². The number of allylic oxidation sites excluding steroid dienone is 2. The zero-order valence-corrected chi connectivity index (χ0v) is 13.3. The van der Waals surface area contributed by atoms with E-state index in [2.05, 4.69) is 24.0 Å². The highest BCUT2D eigenvalue weighted by atomic mass is 16.6. The molecular formula is C17H27NO3. The lowest BCUT2D eigenvalue weighted by atomic mass is 9.77. The number of carbonyl (C=O) groups excluding carboxylic acids is 1. The molecule has 2 saturated heterocycles. The van der Waals surface area contributed by atoms with E-state index < -0.39 is 0 Å². The Bertz CT molecular complexity index is 426. The molecule has 1 amide bonds. The summed E-state index contributed by atoms with van der Waals surface area (Å²) in [6, 6.07) is 0. The van der Waals surface area contributed by atoms with Crippen LogP contribution in [0.15, 0.2) is 12.2 Å². The lowest BCUT2D eigenvalue weighted by Gasteiger charge is -2.42. The molecule has 0 bridgehead atoms. The van der Waals surface area contributed by atoms with Crippen LogP contribution in [0, 0.1) is 5.41 Å². The molecule has 0 saturated carbocycles. The van der Waals surface area contributed by atoms with Gasteiger partial charge in [0.15, 0.2) is 0 Å². The summed E-state index contributed by atoms with van der Waals surface area (Å²) in [5.74, 6) is 0.336. The molecule has 0 aromatic rings. The van der Waals surface area contributed by atoms with Crippen LogP contribution in [-0.2, 0) is 14.3 Å². The minimum absolute atomic E-state index is 0.0369. The van der Waals surface area contributed by atoms with Crippen molar-refractivity contribution in [2.24, 2.45) is 5.41 Å². The molecule has 2 heterocycles. The molecule has 1 aliphatic carbocycles. The number of hydrogen-bond donors (Lipinski definition) is 0. The van der Waals surface area contributed by atoms with Gasteiger partial charge in [-0.25, -0.2) is 0 Å². The average Bonchev–Trinajstić information content (AvgIpc) is 2.91. The molecule has 0 aromatic carbocycles. The molecule has 21 heavy (non-hydrogen) atoms. The fourth-order valence-corrected chi connectivity index (χ4v) is 3.96. The molecule has 0 N–H and O–H groups in total. The van der Waals surface area contributed by atoms with Crippen LogP contribution in [0.25, 0.3) is 0 Å². The van der Waals surface area contributed by atoms with Crippen molar-refractivity contribution in [2.45, 2.75) is 57.2 Å². The van der Waals surface area contributed by atoms with Gasteiger partial charge in [-0.3, -0.25) is 4.79 Å². The summed E-state index contributed by atoms with van der Waals surface area (Å²) in [6.07, 6.45) is 10.3. The maximum absolute atomic E-state index is 12.8. The average molecular weight is 293 g/mol. The van der Waals surface area contributed by atoms with Crippen molar-refractivity contribution in [3.8, 4) is 0 Å². The lowest BCUT2D eigenvalue weighted by molar-refractivity contribution is -0.146. The fourth-order valence-electron chi connectivity index (χ4n) is 3.96. The minimum atomic E-state index is -0.190. The van der Waals surface area contributed by atoms with Crippen LogP contribution >= 0.6 is 0 Å². The van der Waals surface area contributed by atoms with E-state index in [4.69, 9.17) is 9.47 Å². The first kappa shape index (κ1) is 15.0. The van der Waals surface area contributed by atoms with Crippen LogP contribution in [0.3, 0.4) is 0 Å². The smallest absolute Gasteiger partial charge is 0.228 e. The Kier molecular flexibility index (Phi) is 4.10. The summed E-state index contributed by atoms with van der Waals surface area (Å²) in [6.45, 7) is 4.48. The molecule has 3 rings (SSSR count). The quantitative estimate of drug-likeness (QED) is 0.734. The van der Waals surface area contributed by atoms with Gasteiger partial charge in [0.05, 0.1) is 23.7 Å². The van der Waals surface area contributed by atoms with Gasteiger partial charge < -0.3 is 14.4 Å². The summed E-state index contributed by atoms with van der Waals surface area (Å²) < 4.78 is 11.4. The number of amides is 1. The molecule has 1 spiro atoms. The first-order chi connectivity index (χ1) is 10.1. The van der Waals surface area contributed by atoms with E-state index >= 15 is 0 Å². The Hall–Kier alpha value is -0.870. The lowest BCUT2D eigenvalue weighted by Crippen LogP contribution is -2.51. The topological polar surface area (TPSA) is 38.8 Å². The number of nitrogens with zero attached hydrogens (tertiary/aromatic N) is 1. The zero-order valence-electron chi connectivity index (χ0n) is 13.3. The third kappa shape index (κ3) is 2.88. The molecule has 118 valence electrons. The molecule has 2 fully saturated rings. The minimum Gasteiger partial charge on any atom is -0.379 e. The molecule has 2 aliphatic heterocycles. The predicted octanol–water partition coefficient (Wildman–Crippen LogP) is 2.53. The summed E-state index contributed by atoms with van der Waals surface area (Å²) in [5, 5.41) is 0. The molecule has 0 aromatic heterocycles. The first-order valence-electron chi connectivity index (χ1n) is 8.18. The first-order valence-corrected chi connectivity index (χ1v) is 8.18. The Morgan fingerprint density at radius 1 is 1.29 bits per heavy atom. The van der Waals surface area contributed by atoms with Crippen LogP contribution in [0.5, 0.6) is 0 Å². The summed E-state index contributed by atoms with van der Waals surface area (Å²) in [7, 11) is 1.75. The van der Waals surface area contributed by atoms with E-state index in [1.165, 1.54) is 0 Å². The number of methoxy groups -OCH3 is 1. The van der Waals surface area contributed by atoms with E-state index in [1.54, 1.807) is 7.11 Å². The third-order valence-electron chi connectivity index (χ3n) is 5.58. The Morgan fingerprint density at radius 3 is 2.62 bits per heavy atom. The van der Waals surface area contributed by atoms with Gasteiger partial charge in [0, 0.05) is 26.6 Å². The number of likely N-dealkylation sites (tertiary alicyclic amines) is 1. The van der Waals surface area contributed by atoms with Crippen LogP contribution in [0.2, 0.25) is 0 Å². The van der Waals surface area contributed by atoms with Crippen LogP contribution in [-0.4, -0.2) is 49.3 Å². The normalized spacial score (nSPS) is 35.3. The largest absolute Gasteiger partial charge is 0.379 e. The molecule has 3 aliphatic rings. The highest BCUT2D eigenvalue weighted by Crippen LogP contribution is 2.39. The summed E-state index contributed by atoms with van der Waals surface area (Å²) in [4.78, 5) is 14.9. The SMILES string of the molecule is COC1COC2(CCN(C(=O)C3(C)CC=CCC3)CC2)C1. The van der Waals surface area contributed by atoms with Crippen molar-refractivity contribution in [3.63, 3.8) is 0 Å². The van der Waals surface area contributed by atoms with E-state index in [1.807, 2.05) is 0 Å². The highest BCUT2D eigenvalue weighted by Gasteiger charge is 2.45. The predicted molar refractivity (Wildman–Crippen MR) is 81.0 cm³/mol. The van der Waals surface area contributed by atoms with Gasteiger partial charge in [0.2, 0.25) is 5.91 Å². The zero-order chi connectivity index (χ0) is 14.9. The summed E-state index contributed by atoms with van der Waals surface area (Å²) in [5.41, 5.74) is -0.227. The number of piperidine rings is 1. The van der Waals surface area contributed by atoms with Crippen LogP contribution in [0.4, 0.5) is 0 Å². The van der Waals surface area contributed by atoms with Crippen LogP contribution < -0.4 is 0 Å². The van der Waals surface area contributed by atoms with Gasteiger partial charge >= 0.3 is 0 Å². The van der Waals surface area contributed by atoms with Gasteiger partial charge in [-0.2, -0.15) is 0 Å². The molecule has 4 nitrogen and oxygen atoms in total. The van der Waals surface area contributed by atoms with Crippen molar-refractivity contribution in [1.82, 2.24) is 4.90 Å². The van der Waals surface area contributed by atoms with Crippen molar-refractivity contribution in [2.75, 3.05) is 26.8 Å². The number of carbonyl (C=O) groups is 1. The second kappa shape index (κ2) is 5.73. The fraction of sp³-hybridized carbons (Fsp3) is 0.824. The summed E-state index contributed by atoms with van der Waals surface area (Å²) >= 11 is 0. The molecule has 4 heteroatoms. The van der Waals surface area contributed by atoms with Gasteiger partial charge in [0.1, 0.15) is 0 Å². The number of hydrogen-bond acceptors (Lipinski definition) is 3. The second-order valence-electron chi connectivity index (χ2n) is 7.12. The maximum Gasteiger partial charge on any atom is 0.228 e. The van der Waals surface area contributed by atoms with Crippen molar-refractivity contribution in [1.29, 1.82) is 0 Å². The van der Waals surface area contributed by atoms with Crippen molar-refractivity contribution in [3.05, 3.63) is 12.2 Å². The van der Waals surface area contributed by atoms with Crippen LogP contribution in [0.1, 0.15) is 45.4 Å². The monoisotopic (exact) mass is 293 g/mol. The number of ether oxygens (including phenoxy) is 2. The molecular weight excluding hydrogens is 266 g/mol. The van der Waals surface area contributed by atoms with Crippen molar-refractivity contribution < 1.29 is 14.3 Å². The maximum atomic E-state index is 12.8. The Balaban J connectivity index is 1.58. The van der Waals surface area contributed by atoms with E-state index in [9.17, 15) is 4.79 Å². The molecule has 0 radical (unpaired) electrons. The second-order valence-corrected chi connectivity index (χ2v) is 7.12. The van der Waals surface area contributed by atoms with Gasteiger partial charge in [-0.1, -0.05) is 19.1 Å². The Labute approximate surface area is 127 Å². The third-order valence-corrected chi connectivity index (χ3v) is 5.58. The Morgan fingerprint density at radius 2 is 2.05 bits per heavy atom. The highest BCUT2D eigenvalue weighted by molar-refractivity contribution is 5.82. The van der Waals surface area contributed by atoms with Gasteiger partial charge in [-0.15, -0.1) is 0 Å². The standard InChI is InChI=1S/C17H27NO3/c1-16(6-4-3-5-7-16)15(19)18-10-8-17(9-11-18)12-14(20-2)13-21-17/h3-4,14H,5-13H2,1-2H3. The molecule has 2 unspecified atom stereocenters. The van der Waals surface area contributed by atoms with Gasteiger partial charge in [-0.05, 0) is 32.1 Å². The molecule has 2 atom stereocenters. The van der Waals surface area contributed by atoms with E-state index in [0.717, 1.165) is 51.6 Å². The number of rotatable bonds is 2. The van der Waals surface area contributed by atoms with E-state index in [0.29, 0.717) is 12.5 Å². The van der Waals surface area contributed by atoms with Gasteiger partial charge in [0.25, 0.3) is 0 Å². The van der Waals surface area contributed by atoms with E-state index in [-0.39, 0.29) is 17.1 Å².